The van der Waals surface area contributed by atoms with Crippen LogP contribution in [0.15, 0.2) is 30.6 Å². The minimum Gasteiger partial charge on any atom is -1.00 e. The summed E-state index contributed by atoms with van der Waals surface area (Å²) in [6.07, 6.45) is 3.90. The van der Waals surface area contributed by atoms with Crippen molar-refractivity contribution in [3.05, 3.63) is 30.6 Å². The minimum absolute atomic E-state index is 0. The monoisotopic (exact) mass is 277 g/mol. The van der Waals surface area contributed by atoms with Gasteiger partial charge in [0, 0.05) is 33.5 Å². The molecule has 17 heavy (non-hydrogen) atoms. The summed E-state index contributed by atoms with van der Waals surface area (Å²) >= 11 is 0. The fourth-order valence-corrected chi connectivity index (χ4v) is 2.38. The molecule has 0 bridgehead atoms. The first-order chi connectivity index (χ1) is 7.54. The van der Waals surface area contributed by atoms with Crippen LogP contribution < -0.4 is 17.0 Å². The molecule has 0 fully saturated rings. The number of nitrogens with zero attached hydrogens (tertiary/aromatic N) is 1. The first-order valence-corrected chi connectivity index (χ1v) is 6.16. The molecule has 0 N–H and O–H groups in total. The Morgan fingerprint density at radius 1 is 0.941 bits per heavy atom. The fraction of sp³-hybridized carbons (Fsp3) is 0.545. The fourth-order valence-electron chi connectivity index (χ4n) is 1.67. The number of pyridine rings is 1. The quantitative estimate of drug-likeness (QED) is 0.320. The second kappa shape index (κ2) is 6.46. The molecule has 0 saturated carbocycles. The van der Waals surface area contributed by atoms with Crippen LogP contribution >= 0.6 is 0 Å². The molecule has 0 spiro atoms. The van der Waals surface area contributed by atoms with Crippen LogP contribution in [0.5, 0.6) is 0 Å². The Morgan fingerprint density at radius 2 is 1.41 bits per heavy atom. The first-order valence-electron chi connectivity index (χ1n) is 5.16. The Bertz CT molecular complexity index is 335. The lowest BCUT2D eigenvalue weighted by Crippen LogP contribution is -3.00. The molecule has 4 nitrogen and oxygen atoms in total. The molecule has 6 heteroatoms. The van der Waals surface area contributed by atoms with E-state index in [0.29, 0.717) is 0 Å². The van der Waals surface area contributed by atoms with E-state index in [0.717, 1.165) is 10.2 Å². The zero-order chi connectivity index (χ0) is 12.2. The molecular formula is C11H20ClNO3Si. The number of hydrogen-bond donors (Lipinski definition) is 0. The second-order valence-corrected chi connectivity index (χ2v) is 5.18. The molecular weight excluding hydrogens is 258 g/mol. The summed E-state index contributed by atoms with van der Waals surface area (Å²) in [5.41, 5.74) is 0. The zero-order valence-corrected chi connectivity index (χ0v) is 13.7. The number of ether oxygens (including phenoxy) is 3. The van der Waals surface area contributed by atoms with E-state index in [1.165, 1.54) is 0 Å². The predicted octanol–water partition coefficient (Wildman–Crippen LogP) is -3.39. The van der Waals surface area contributed by atoms with Gasteiger partial charge in [-0.3, -0.25) is 0 Å². The van der Waals surface area contributed by atoms with Gasteiger partial charge in [-0.15, -0.1) is 0 Å². The number of halogens is 1. The molecule has 0 aromatic carbocycles. The Hall–Kier alpha value is -0.463. The minimum atomic E-state index is -0.806. The van der Waals surface area contributed by atoms with E-state index >= 15 is 0 Å². The Morgan fingerprint density at radius 3 is 1.76 bits per heavy atom. The molecule has 98 valence electrons. The van der Waals surface area contributed by atoms with Crippen LogP contribution in [0.3, 0.4) is 0 Å². The van der Waals surface area contributed by atoms with Crippen molar-refractivity contribution in [2.75, 3.05) is 21.3 Å². The average molecular weight is 278 g/mol. The highest BCUT2D eigenvalue weighted by atomic mass is 35.5. The van der Waals surface area contributed by atoms with Crippen LogP contribution in [0.25, 0.3) is 0 Å². The molecule has 1 unspecified atom stereocenters. The van der Waals surface area contributed by atoms with Gasteiger partial charge in [0.05, 0.1) is 0 Å². The van der Waals surface area contributed by atoms with Crippen LogP contribution in [0, 0.1) is 0 Å². The first kappa shape index (κ1) is 16.5. The zero-order valence-electron chi connectivity index (χ0n) is 10.9. The summed E-state index contributed by atoms with van der Waals surface area (Å²) in [7, 11) is 5.64. The normalized spacial score (nSPS) is 15.1. The van der Waals surface area contributed by atoms with Gasteiger partial charge in [0.25, 0.3) is 11.1 Å². The van der Waals surface area contributed by atoms with E-state index < -0.39 is 11.1 Å². The maximum absolute atomic E-state index is 5.65. The van der Waals surface area contributed by atoms with E-state index in [9.17, 15) is 0 Å². The number of rotatable bonds is 5. The van der Waals surface area contributed by atoms with Gasteiger partial charge in [0.1, 0.15) is 10.2 Å². The lowest BCUT2D eigenvalue weighted by Gasteiger charge is -2.38. The van der Waals surface area contributed by atoms with Crippen molar-refractivity contribution in [3.63, 3.8) is 0 Å². The summed E-state index contributed by atoms with van der Waals surface area (Å²) in [6, 6.07) is 5.87. The molecule has 1 atom stereocenters. The van der Waals surface area contributed by atoms with Gasteiger partial charge in [0.2, 0.25) is 0 Å². The third-order valence-electron chi connectivity index (χ3n) is 3.23. The molecule has 1 aromatic rings. The van der Waals surface area contributed by atoms with Crippen molar-refractivity contribution >= 4 is 10.2 Å². The number of methoxy groups -OCH3 is 3. The molecule has 0 aliphatic carbocycles. The van der Waals surface area contributed by atoms with E-state index in [1.54, 1.807) is 21.3 Å². The van der Waals surface area contributed by atoms with E-state index in [-0.39, 0.29) is 12.4 Å². The molecule has 0 radical (unpaired) electrons. The molecule has 0 saturated heterocycles. The smallest absolute Gasteiger partial charge is 0.287 e. The van der Waals surface area contributed by atoms with Crippen LogP contribution in [0.1, 0.15) is 6.92 Å². The summed E-state index contributed by atoms with van der Waals surface area (Å²) in [5.74, 6) is -0.806. The van der Waals surface area contributed by atoms with Crippen molar-refractivity contribution in [1.29, 1.82) is 0 Å². The van der Waals surface area contributed by atoms with Gasteiger partial charge in [-0.2, -0.15) is 4.57 Å². The van der Waals surface area contributed by atoms with Crippen LogP contribution in [-0.2, 0) is 19.6 Å². The third-order valence-corrected chi connectivity index (χ3v) is 5.06. The maximum Gasteiger partial charge on any atom is 0.287 e. The highest BCUT2D eigenvalue weighted by Crippen LogP contribution is 2.26. The van der Waals surface area contributed by atoms with Crippen molar-refractivity contribution in [1.82, 2.24) is 0 Å². The molecule has 1 rings (SSSR count). The highest BCUT2D eigenvalue weighted by molar-refractivity contribution is 6.12. The summed E-state index contributed by atoms with van der Waals surface area (Å²) in [6.45, 7) is 1.88. The maximum atomic E-state index is 5.65. The summed E-state index contributed by atoms with van der Waals surface area (Å²) in [5, 5.41) is -0.599. The SMILES string of the molecule is COC(C)(OC)C([SiH3])(OC)[n+]1ccccc1.[Cl-]. The van der Waals surface area contributed by atoms with Crippen LogP contribution in [-0.4, -0.2) is 37.4 Å². The third kappa shape index (κ3) is 2.86. The molecule has 0 aliphatic heterocycles. The van der Waals surface area contributed by atoms with Crippen molar-refractivity contribution < 1.29 is 31.2 Å². The number of aromatic nitrogens is 1. The standard InChI is InChI=1S/C11H20NO3Si.ClH/c1-10(13-2,14-3)11(16,15-4)12-8-6-5-7-9-12;/h5-9H,1-4,16H3;1H/q+1;/p-1. The van der Waals surface area contributed by atoms with E-state index in [4.69, 9.17) is 14.2 Å². The predicted molar refractivity (Wildman–Crippen MR) is 64.0 cm³/mol. The Kier molecular flexibility index (Phi) is 6.29. The summed E-state index contributed by atoms with van der Waals surface area (Å²) in [4.78, 5) is 0. The highest BCUT2D eigenvalue weighted by Gasteiger charge is 2.54. The number of hydrogen-bond acceptors (Lipinski definition) is 3. The molecule has 0 aliphatic rings. The van der Waals surface area contributed by atoms with E-state index in [1.807, 2.05) is 42.1 Å². The lowest BCUT2D eigenvalue weighted by molar-refractivity contribution is -0.807. The molecule has 1 heterocycles. The van der Waals surface area contributed by atoms with Crippen molar-refractivity contribution in [3.8, 4) is 0 Å². The van der Waals surface area contributed by atoms with Gasteiger partial charge >= 0.3 is 0 Å². The topological polar surface area (TPSA) is 31.6 Å². The Balaban J connectivity index is 0.00000256. The second-order valence-electron chi connectivity index (χ2n) is 3.82. The van der Waals surface area contributed by atoms with Gasteiger partial charge in [-0.1, -0.05) is 6.07 Å². The molecule has 1 aromatic heterocycles. The van der Waals surface area contributed by atoms with Crippen molar-refractivity contribution in [2.24, 2.45) is 0 Å². The van der Waals surface area contributed by atoms with Gasteiger partial charge in [-0.25, -0.2) is 0 Å². The average Bonchev–Trinajstić information content (AvgIpc) is 2.37. The lowest BCUT2D eigenvalue weighted by atomic mass is 10.2. The Labute approximate surface area is 112 Å². The van der Waals surface area contributed by atoms with Gasteiger partial charge in [0.15, 0.2) is 12.4 Å². The summed E-state index contributed by atoms with van der Waals surface area (Å²) < 4.78 is 18.6. The van der Waals surface area contributed by atoms with Gasteiger partial charge in [-0.05, 0) is 6.92 Å². The van der Waals surface area contributed by atoms with Crippen LogP contribution in [0.2, 0.25) is 0 Å². The van der Waals surface area contributed by atoms with E-state index in [2.05, 4.69) is 0 Å². The molecule has 0 amide bonds. The van der Waals surface area contributed by atoms with Crippen molar-refractivity contribution in [2.45, 2.75) is 18.1 Å². The van der Waals surface area contributed by atoms with Crippen LogP contribution in [0.4, 0.5) is 0 Å². The van der Waals surface area contributed by atoms with Gasteiger partial charge < -0.3 is 26.6 Å². The largest absolute Gasteiger partial charge is 1.00 e.